The number of aromatic nitrogens is 1. The summed E-state index contributed by atoms with van der Waals surface area (Å²) in [5.41, 5.74) is 3.32. The maximum Gasteiger partial charge on any atom is 0.251 e. The van der Waals surface area contributed by atoms with E-state index in [2.05, 4.69) is 10.3 Å². The molecule has 0 aliphatic heterocycles. The Labute approximate surface area is 144 Å². The number of H-pyrrole nitrogens is 1. The van der Waals surface area contributed by atoms with E-state index in [1.165, 1.54) is 0 Å². The van der Waals surface area contributed by atoms with Crippen LogP contribution >= 0.6 is 0 Å². The van der Waals surface area contributed by atoms with Gasteiger partial charge in [-0.15, -0.1) is 0 Å². The fourth-order valence-electron chi connectivity index (χ4n) is 2.75. The third kappa shape index (κ3) is 3.75. The number of aryl methyl sites for hydroxylation is 2. The lowest BCUT2D eigenvalue weighted by atomic mass is 10.1. The van der Waals surface area contributed by atoms with Gasteiger partial charge >= 0.3 is 0 Å². The number of hydrogen-bond donors (Lipinski definition) is 2. The first-order valence-corrected chi connectivity index (χ1v) is 7.98. The fourth-order valence-corrected chi connectivity index (χ4v) is 2.75. The number of pyridine rings is 1. The molecule has 5 heteroatoms. The van der Waals surface area contributed by atoms with Crippen molar-refractivity contribution >= 4 is 22.5 Å². The number of carbonyl (C=O) groups is 1. The molecule has 0 unspecified atom stereocenters. The van der Waals surface area contributed by atoms with Gasteiger partial charge < -0.3 is 10.3 Å². The van der Waals surface area contributed by atoms with Crippen molar-refractivity contribution in [2.45, 2.75) is 19.8 Å². The number of nitrogens with one attached hydrogen (secondary N) is 2. The van der Waals surface area contributed by atoms with E-state index in [0.717, 1.165) is 16.5 Å². The van der Waals surface area contributed by atoms with Crippen molar-refractivity contribution in [2.75, 3.05) is 5.32 Å². The van der Waals surface area contributed by atoms with E-state index in [1.807, 2.05) is 37.3 Å². The number of hydrogen-bond acceptors (Lipinski definition) is 3. The first-order valence-electron chi connectivity index (χ1n) is 7.98. The molecule has 5 nitrogen and oxygen atoms in total. The minimum absolute atomic E-state index is 0.166. The van der Waals surface area contributed by atoms with Gasteiger partial charge in [0.1, 0.15) is 0 Å². The molecule has 25 heavy (non-hydrogen) atoms. The molecule has 0 saturated carbocycles. The van der Waals surface area contributed by atoms with Gasteiger partial charge in [0.25, 0.3) is 5.56 Å². The predicted molar refractivity (Wildman–Crippen MR) is 97.4 cm³/mol. The van der Waals surface area contributed by atoms with Crippen molar-refractivity contribution in [3.05, 3.63) is 75.6 Å². The molecular formula is C20H17N3O2. The van der Waals surface area contributed by atoms with Gasteiger partial charge in [0.05, 0.1) is 17.1 Å². The van der Waals surface area contributed by atoms with Crippen LogP contribution in [0.4, 0.5) is 5.69 Å². The van der Waals surface area contributed by atoms with Crippen LogP contribution in [-0.2, 0) is 11.2 Å². The lowest BCUT2D eigenvalue weighted by Gasteiger charge is -2.07. The normalized spacial score (nSPS) is 10.4. The minimum Gasteiger partial charge on any atom is -0.326 e. The Bertz CT molecular complexity index is 1040. The first-order chi connectivity index (χ1) is 12.1. The highest BCUT2D eigenvalue weighted by atomic mass is 16.1. The van der Waals surface area contributed by atoms with Crippen molar-refractivity contribution in [3.63, 3.8) is 0 Å². The summed E-state index contributed by atoms with van der Waals surface area (Å²) >= 11 is 0. The molecule has 0 radical (unpaired) electrons. The SMILES string of the molecule is Cc1cccc2cc(CCC(=O)Nc3cccc(C#N)c3)c(=O)[nH]c12. The molecule has 3 rings (SSSR count). The van der Waals surface area contributed by atoms with Crippen LogP contribution in [0.2, 0.25) is 0 Å². The third-order valence-corrected chi connectivity index (χ3v) is 4.06. The molecule has 0 atom stereocenters. The Morgan fingerprint density at radius 1 is 1.20 bits per heavy atom. The number of rotatable bonds is 4. The lowest BCUT2D eigenvalue weighted by Crippen LogP contribution is -2.17. The van der Waals surface area contributed by atoms with Gasteiger partial charge in [-0.1, -0.05) is 24.3 Å². The molecule has 2 aromatic carbocycles. The summed E-state index contributed by atoms with van der Waals surface area (Å²) in [6.45, 7) is 1.95. The van der Waals surface area contributed by atoms with Gasteiger partial charge in [-0.3, -0.25) is 9.59 Å². The van der Waals surface area contributed by atoms with E-state index in [-0.39, 0.29) is 17.9 Å². The summed E-state index contributed by atoms with van der Waals surface area (Å²) < 4.78 is 0. The molecule has 0 aliphatic carbocycles. The number of carbonyl (C=O) groups excluding carboxylic acids is 1. The van der Waals surface area contributed by atoms with Gasteiger partial charge in [0, 0.05) is 17.7 Å². The zero-order valence-corrected chi connectivity index (χ0v) is 13.8. The molecule has 0 bridgehead atoms. The molecule has 0 fully saturated rings. The zero-order chi connectivity index (χ0) is 17.8. The Balaban J connectivity index is 1.72. The monoisotopic (exact) mass is 331 g/mol. The summed E-state index contributed by atoms with van der Waals surface area (Å²) in [6.07, 6.45) is 0.542. The topological polar surface area (TPSA) is 85.8 Å². The molecular weight excluding hydrogens is 314 g/mol. The molecule has 124 valence electrons. The van der Waals surface area contributed by atoms with Crippen molar-refractivity contribution in [3.8, 4) is 6.07 Å². The second kappa shape index (κ2) is 7.02. The highest BCUT2D eigenvalue weighted by Gasteiger charge is 2.08. The Hall–Kier alpha value is -3.39. The van der Waals surface area contributed by atoms with E-state index in [1.54, 1.807) is 24.3 Å². The second-order valence-electron chi connectivity index (χ2n) is 5.90. The first kappa shape index (κ1) is 16.5. The van der Waals surface area contributed by atoms with Crippen LogP contribution in [0.1, 0.15) is 23.1 Å². The quantitative estimate of drug-likeness (QED) is 0.769. The Kier molecular flexibility index (Phi) is 4.62. The van der Waals surface area contributed by atoms with Crippen molar-refractivity contribution in [1.82, 2.24) is 4.98 Å². The average Bonchev–Trinajstić information content (AvgIpc) is 2.61. The van der Waals surface area contributed by atoms with Gasteiger partial charge in [0.2, 0.25) is 5.91 Å². The molecule has 2 N–H and O–H groups in total. The van der Waals surface area contributed by atoms with E-state index >= 15 is 0 Å². The number of benzene rings is 2. The van der Waals surface area contributed by atoms with Crippen LogP contribution in [0, 0.1) is 18.3 Å². The van der Waals surface area contributed by atoms with Crippen LogP contribution in [0.15, 0.2) is 53.3 Å². The lowest BCUT2D eigenvalue weighted by molar-refractivity contribution is -0.116. The van der Waals surface area contributed by atoms with Crippen molar-refractivity contribution in [1.29, 1.82) is 5.26 Å². The standard InChI is InChI=1S/C20H17N3O2/c1-13-4-2-6-15-11-16(20(25)23-19(13)15)8-9-18(24)22-17-7-3-5-14(10-17)12-21/h2-7,10-11H,8-9H2,1H3,(H,22,24)(H,23,25). The van der Waals surface area contributed by atoms with Crippen molar-refractivity contribution < 1.29 is 4.79 Å². The molecule has 3 aromatic rings. The predicted octanol–water partition coefficient (Wildman–Crippen LogP) is 3.28. The Morgan fingerprint density at radius 2 is 2.00 bits per heavy atom. The average molecular weight is 331 g/mol. The molecule has 0 spiro atoms. The summed E-state index contributed by atoms with van der Waals surface area (Å²) in [5.74, 6) is -0.196. The molecule has 1 heterocycles. The number of fused-ring (bicyclic) bond motifs is 1. The summed E-state index contributed by atoms with van der Waals surface area (Å²) in [4.78, 5) is 27.2. The van der Waals surface area contributed by atoms with E-state index in [4.69, 9.17) is 5.26 Å². The minimum atomic E-state index is -0.196. The number of nitriles is 1. The third-order valence-electron chi connectivity index (χ3n) is 4.06. The summed E-state index contributed by atoms with van der Waals surface area (Å²) in [7, 11) is 0. The number of aromatic amines is 1. The largest absolute Gasteiger partial charge is 0.326 e. The molecule has 0 saturated heterocycles. The number of para-hydroxylation sites is 1. The smallest absolute Gasteiger partial charge is 0.251 e. The summed E-state index contributed by atoms with van der Waals surface area (Å²) in [5, 5.41) is 12.6. The zero-order valence-electron chi connectivity index (χ0n) is 13.8. The van der Waals surface area contributed by atoms with Crippen LogP contribution in [-0.4, -0.2) is 10.9 Å². The highest BCUT2D eigenvalue weighted by molar-refractivity contribution is 5.91. The van der Waals surface area contributed by atoms with Gasteiger partial charge in [-0.2, -0.15) is 5.26 Å². The van der Waals surface area contributed by atoms with Crippen LogP contribution in [0.25, 0.3) is 10.9 Å². The Morgan fingerprint density at radius 3 is 2.80 bits per heavy atom. The maximum absolute atomic E-state index is 12.2. The van der Waals surface area contributed by atoms with Crippen LogP contribution in [0.5, 0.6) is 0 Å². The molecule has 1 aromatic heterocycles. The number of nitrogens with zero attached hydrogens (tertiary/aromatic N) is 1. The van der Waals surface area contributed by atoms with E-state index in [9.17, 15) is 9.59 Å². The van der Waals surface area contributed by atoms with Crippen LogP contribution in [0.3, 0.4) is 0 Å². The molecule has 1 amide bonds. The number of amides is 1. The van der Waals surface area contributed by atoms with Crippen molar-refractivity contribution in [2.24, 2.45) is 0 Å². The highest BCUT2D eigenvalue weighted by Crippen LogP contribution is 2.16. The van der Waals surface area contributed by atoms with Gasteiger partial charge in [-0.25, -0.2) is 0 Å². The maximum atomic E-state index is 12.2. The summed E-state index contributed by atoms with van der Waals surface area (Å²) in [6, 6.07) is 16.4. The van der Waals surface area contributed by atoms with Crippen LogP contribution < -0.4 is 10.9 Å². The fraction of sp³-hybridized carbons (Fsp3) is 0.150. The number of anilines is 1. The second-order valence-corrected chi connectivity index (χ2v) is 5.90. The van der Waals surface area contributed by atoms with Gasteiger partial charge in [0.15, 0.2) is 0 Å². The molecule has 0 aliphatic rings. The van der Waals surface area contributed by atoms with E-state index < -0.39 is 0 Å². The van der Waals surface area contributed by atoms with E-state index in [0.29, 0.717) is 23.2 Å². The van der Waals surface area contributed by atoms with Gasteiger partial charge in [-0.05, 0) is 48.6 Å².